The van der Waals surface area contributed by atoms with Gasteiger partial charge in [-0.2, -0.15) is 18.4 Å². The number of hydrogen-bond acceptors (Lipinski definition) is 3. The molecule has 0 saturated heterocycles. The number of nitriles is 1. The summed E-state index contributed by atoms with van der Waals surface area (Å²) in [6.07, 6.45) is -3.07. The fourth-order valence-electron chi connectivity index (χ4n) is 3.72. The number of carboxylic acid groups (broad SMARTS) is 1. The van der Waals surface area contributed by atoms with Crippen LogP contribution in [0.5, 0.6) is 0 Å². The van der Waals surface area contributed by atoms with Crippen LogP contribution < -0.4 is 5.32 Å². The van der Waals surface area contributed by atoms with Gasteiger partial charge < -0.3 is 10.4 Å². The molecule has 2 fully saturated rings. The third kappa shape index (κ3) is 3.48. The molecule has 2 N–H and O–H groups in total. The number of nitrogens with zero attached hydrogens (tertiary/aromatic N) is 1. The fraction of sp³-hybridized carbons (Fsp3) is 0.500. The first-order chi connectivity index (χ1) is 12.5. The van der Waals surface area contributed by atoms with Crippen LogP contribution in [-0.4, -0.2) is 23.0 Å². The van der Waals surface area contributed by atoms with Crippen LogP contribution in [0, 0.1) is 28.0 Å². The van der Waals surface area contributed by atoms with Gasteiger partial charge in [-0.3, -0.25) is 4.79 Å². The summed E-state index contributed by atoms with van der Waals surface area (Å²) in [6, 6.07) is 2.86. The lowest BCUT2D eigenvalue weighted by atomic mass is 9.59. The van der Waals surface area contributed by atoms with Gasteiger partial charge in [-0.25, -0.2) is 9.18 Å². The standard InChI is InChI=1S/C18H16F4N2O3/c19-13-10(2-1-3-11(13)18(20,21)22)6-12(14(25)26)24-15(27)17(9-23)7-16(8-17)4-5-16/h1-3,12H,4-8H2,(H,24,27)(H,25,26). The van der Waals surface area contributed by atoms with Crippen molar-refractivity contribution in [2.24, 2.45) is 10.8 Å². The monoisotopic (exact) mass is 384 g/mol. The summed E-state index contributed by atoms with van der Waals surface area (Å²) in [5, 5.41) is 20.8. The SMILES string of the molecule is N#CC1(C(=O)NC(Cc2cccc(C(F)(F)F)c2F)C(=O)O)CC2(CC2)C1. The Kier molecular flexibility index (Phi) is 4.41. The molecule has 0 radical (unpaired) electrons. The van der Waals surface area contributed by atoms with E-state index < -0.39 is 52.9 Å². The Morgan fingerprint density at radius 1 is 1.30 bits per heavy atom. The van der Waals surface area contributed by atoms with Gasteiger partial charge in [-0.05, 0) is 42.7 Å². The molecule has 0 heterocycles. The lowest BCUT2D eigenvalue weighted by molar-refractivity contribution is -0.145. The van der Waals surface area contributed by atoms with E-state index in [4.69, 9.17) is 0 Å². The van der Waals surface area contributed by atoms with Crippen molar-refractivity contribution >= 4 is 11.9 Å². The van der Waals surface area contributed by atoms with Crippen LogP contribution in [0.2, 0.25) is 0 Å². The van der Waals surface area contributed by atoms with Gasteiger partial charge in [0.05, 0.1) is 11.6 Å². The summed E-state index contributed by atoms with van der Waals surface area (Å²) in [5.74, 6) is -3.86. The van der Waals surface area contributed by atoms with E-state index in [1.165, 1.54) is 0 Å². The molecule has 2 aliphatic rings. The minimum atomic E-state index is -4.92. The molecule has 144 valence electrons. The van der Waals surface area contributed by atoms with Crippen LogP contribution in [0.25, 0.3) is 0 Å². The lowest BCUT2D eigenvalue weighted by Crippen LogP contribution is -2.54. The predicted octanol–water partition coefficient (Wildman–Crippen LogP) is 3.04. The molecule has 1 atom stereocenters. The van der Waals surface area contributed by atoms with E-state index in [0.29, 0.717) is 18.9 Å². The van der Waals surface area contributed by atoms with Crippen molar-refractivity contribution in [1.82, 2.24) is 5.32 Å². The Hall–Kier alpha value is -2.63. The number of halogens is 4. The van der Waals surface area contributed by atoms with E-state index in [1.54, 1.807) is 0 Å². The highest BCUT2D eigenvalue weighted by atomic mass is 19.4. The number of carboxylic acids is 1. The van der Waals surface area contributed by atoms with Crippen LogP contribution in [0.3, 0.4) is 0 Å². The van der Waals surface area contributed by atoms with Crippen LogP contribution in [0.15, 0.2) is 18.2 Å². The number of nitrogens with one attached hydrogen (secondary N) is 1. The highest BCUT2D eigenvalue weighted by molar-refractivity contribution is 5.90. The number of amides is 1. The van der Waals surface area contributed by atoms with Crippen LogP contribution >= 0.6 is 0 Å². The van der Waals surface area contributed by atoms with Gasteiger partial charge in [0.1, 0.15) is 17.3 Å². The maximum absolute atomic E-state index is 14.1. The quantitative estimate of drug-likeness (QED) is 0.764. The largest absolute Gasteiger partial charge is 0.480 e. The molecule has 27 heavy (non-hydrogen) atoms. The lowest BCUT2D eigenvalue weighted by Gasteiger charge is -2.42. The van der Waals surface area contributed by atoms with Crippen molar-refractivity contribution in [1.29, 1.82) is 5.26 Å². The normalized spacial score (nSPS) is 20.3. The number of rotatable bonds is 5. The first kappa shape index (κ1) is 19.1. The second kappa shape index (κ2) is 6.22. The maximum atomic E-state index is 14.1. The predicted molar refractivity (Wildman–Crippen MR) is 83.6 cm³/mol. The number of carbonyl (C=O) groups is 2. The molecular formula is C18H16F4N2O3. The van der Waals surface area contributed by atoms with E-state index >= 15 is 0 Å². The molecule has 1 spiro atoms. The average Bonchev–Trinajstić information content (AvgIpc) is 3.33. The molecule has 1 unspecified atom stereocenters. The van der Waals surface area contributed by atoms with Crippen LogP contribution in [0.4, 0.5) is 17.6 Å². The van der Waals surface area contributed by atoms with Crippen LogP contribution in [-0.2, 0) is 22.2 Å². The summed E-state index contributed by atoms with van der Waals surface area (Å²) in [5.41, 5.74) is -3.30. The van der Waals surface area contributed by atoms with Gasteiger partial charge >= 0.3 is 12.1 Å². The minimum Gasteiger partial charge on any atom is -0.480 e. The van der Waals surface area contributed by atoms with E-state index in [0.717, 1.165) is 25.0 Å². The van der Waals surface area contributed by atoms with Crippen molar-refractivity contribution in [3.05, 3.63) is 35.1 Å². The Morgan fingerprint density at radius 2 is 1.93 bits per heavy atom. The number of carbonyl (C=O) groups excluding carboxylic acids is 1. The molecule has 2 saturated carbocycles. The molecule has 1 aromatic rings. The third-order valence-electron chi connectivity index (χ3n) is 5.37. The second-order valence-corrected chi connectivity index (χ2v) is 7.39. The van der Waals surface area contributed by atoms with Gasteiger partial charge in [-0.1, -0.05) is 12.1 Å². The summed E-state index contributed by atoms with van der Waals surface area (Å²) in [4.78, 5) is 23.9. The molecule has 3 rings (SSSR count). The topological polar surface area (TPSA) is 90.2 Å². The number of hydrogen-bond donors (Lipinski definition) is 2. The number of benzene rings is 1. The molecule has 1 amide bonds. The Bertz CT molecular complexity index is 832. The molecule has 0 bridgehead atoms. The summed E-state index contributed by atoms with van der Waals surface area (Å²) < 4.78 is 52.6. The molecular weight excluding hydrogens is 368 g/mol. The third-order valence-corrected chi connectivity index (χ3v) is 5.37. The number of aliphatic carboxylic acids is 1. The van der Waals surface area contributed by atoms with E-state index in [1.807, 2.05) is 6.07 Å². The summed E-state index contributed by atoms with van der Waals surface area (Å²) in [6.45, 7) is 0. The van der Waals surface area contributed by atoms with Crippen molar-refractivity contribution in [2.75, 3.05) is 0 Å². The summed E-state index contributed by atoms with van der Waals surface area (Å²) >= 11 is 0. The summed E-state index contributed by atoms with van der Waals surface area (Å²) in [7, 11) is 0. The van der Waals surface area contributed by atoms with Gasteiger partial charge in [-0.15, -0.1) is 0 Å². The second-order valence-electron chi connectivity index (χ2n) is 7.39. The van der Waals surface area contributed by atoms with Crippen molar-refractivity contribution < 1.29 is 32.3 Å². The van der Waals surface area contributed by atoms with Gasteiger partial charge in [0.25, 0.3) is 0 Å². The first-order valence-corrected chi connectivity index (χ1v) is 8.32. The van der Waals surface area contributed by atoms with Crippen molar-refractivity contribution in [3.63, 3.8) is 0 Å². The molecule has 0 aromatic heterocycles. The molecule has 0 aliphatic heterocycles. The smallest absolute Gasteiger partial charge is 0.419 e. The number of alkyl halides is 3. The molecule has 2 aliphatic carbocycles. The highest BCUT2D eigenvalue weighted by Crippen LogP contribution is 2.68. The highest BCUT2D eigenvalue weighted by Gasteiger charge is 2.64. The van der Waals surface area contributed by atoms with Crippen LogP contribution in [0.1, 0.15) is 36.8 Å². The molecule has 5 nitrogen and oxygen atoms in total. The van der Waals surface area contributed by atoms with Gasteiger partial charge in [0.15, 0.2) is 0 Å². The average molecular weight is 384 g/mol. The molecule has 1 aromatic carbocycles. The Balaban J connectivity index is 1.77. The Labute approximate surface area is 152 Å². The van der Waals surface area contributed by atoms with Gasteiger partial charge in [0.2, 0.25) is 5.91 Å². The van der Waals surface area contributed by atoms with Gasteiger partial charge in [0, 0.05) is 6.42 Å². The minimum absolute atomic E-state index is 0.00105. The maximum Gasteiger partial charge on any atom is 0.419 e. The zero-order chi connectivity index (χ0) is 20.0. The zero-order valence-corrected chi connectivity index (χ0v) is 14.1. The van der Waals surface area contributed by atoms with E-state index in [2.05, 4.69) is 5.32 Å². The first-order valence-electron chi connectivity index (χ1n) is 8.32. The van der Waals surface area contributed by atoms with Crippen molar-refractivity contribution in [2.45, 2.75) is 44.3 Å². The molecule has 9 heteroatoms. The van der Waals surface area contributed by atoms with E-state index in [9.17, 15) is 37.5 Å². The van der Waals surface area contributed by atoms with E-state index in [-0.39, 0.29) is 5.41 Å². The fourth-order valence-corrected chi connectivity index (χ4v) is 3.72. The Morgan fingerprint density at radius 3 is 2.41 bits per heavy atom. The van der Waals surface area contributed by atoms with Crippen molar-refractivity contribution in [3.8, 4) is 6.07 Å². The zero-order valence-electron chi connectivity index (χ0n) is 14.1.